The minimum atomic E-state index is -3.63. The van der Waals surface area contributed by atoms with Crippen LogP contribution in [0.4, 0.5) is 23.0 Å². The highest BCUT2D eigenvalue weighted by molar-refractivity contribution is 7.90. The van der Waals surface area contributed by atoms with E-state index in [2.05, 4.69) is 30.5 Å². The third kappa shape index (κ3) is 6.10. The molecule has 0 aromatic carbocycles. The summed E-state index contributed by atoms with van der Waals surface area (Å²) in [5, 5.41) is 5.87. The zero-order valence-electron chi connectivity index (χ0n) is 23.0. The van der Waals surface area contributed by atoms with E-state index in [9.17, 15) is 13.2 Å². The number of anilines is 4. The van der Waals surface area contributed by atoms with Crippen LogP contribution in [-0.2, 0) is 19.4 Å². The number of pyridine rings is 3. The summed E-state index contributed by atoms with van der Waals surface area (Å²) in [7, 11) is -3.63. The van der Waals surface area contributed by atoms with Gasteiger partial charge in [-0.2, -0.15) is 0 Å². The van der Waals surface area contributed by atoms with E-state index in [1.807, 2.05) is 20.8 Å². The first-order chi connectivity index (χ1) is 18.9. The van der Waals surface area contributed by atoms with Gasteiger partial charge in [0.15, 0.2) is 20.6 Å². The van der Waals surface area contributed by atoms with Crippen molar-refractivity contribution < 1.29 is 27.4 Å². The maximum absolute atomic E-state index is 12.6. The molecule has 212 valence electrons. The maximum atomic E-state index is 12.6. The van der Waals surface area contributed by atoms with Crippen LogP contribution in [0.1, 0.15) is 27.7 Å². The van der Waals surface area contributed by atoms with Crippen molar-refractivity contribution in [2.75, 3.05) is 48.2 Å². The molecule has 1 amide bonds. The second-order valence-corrected chi connectivity index (χ2v) is 12.5. The van der Waals surface area contributed by atoms with Gasteiger partial charge in [0, 0.05) is 55.3 Å². The van der Waals surface area contributed by atoms with E-state index < -0.39 is 15.4 Å². The Hall–Kier alpha value is -3.97. The van der Waals surface area contributed by atoms with E-state index >= 15 is 0 Å². The van der Waals surface area contributed by atoms with Gasteiger partial charge in [0.2, 0.25) is 5.91 Å². The smallest absolute Gasteiger partial charge is 0.258 e. The molecular weight excluding hydrogens is 536 g/mol. The third-order valence-electron chi connectivity index (χ3n) is 6.39. The number of nitrogens with zero attached hydrogens (tertiary/aromatic N) is 4. The predicted octanol–water partition coefficient (Wildman–Crippen LogP) is 3.42. The number of carbonyl (C=O) groups is 1. The van der Waals surface area contributed by atoms with Crippen molar-refractivity contribution >= 4 is 38.8 Å². The molecule has 0 saturated carbocycles. The van der Waals surface area contributed by atoms with Gasteiger partial charge >= 0.3 is 0 Å². The van der Waals surface area contributed by atoms with Crippen LogP contribution >= 0.6 is 0 Å². The molecule has 0 radical (unpaired) electrons. The number of rotatable bonds is 6. The second kappa shape index (κ2) is 10.5. The Balaban J connectivity index is 1.59. The molecule has 13 heteroatoms. The van der Waals surface area contributed by atoms with Crippen LogP contribution in [-0.4, -0.2) is 73.5 Å². The molecule has 2 N–H and O–H groups in total. The molecule has 2 aliphatic rings. The lowest BCUT2D eigenvalue weighted by molar-refractivity contribution is -0.114. The lowest BCUT2D eigenvalue weighted by Crippen LogP contribution is -2.43. The second-order valence-electron chi connectivity index (χ2n) is 10.5. The van der Waals surface area contributed by atoms with Crippen LogP contribution in [0.5, 0.6) is 11.6 Å². The molecule has 0 bridgehead atoms. The molecule has 3 aromatic rings. The summed E-state index contributed by atoms with van der Waals surface area (Å²) < 4.78 is 42.5. The normalized spacial score (nSPS) is 18.2. The van der Waals surface area contributed by atoms with E-state index in [1.54, 1.807) is 36.5 Å². The highest BCUT2D eigenvalue weighted by atomic mass is 32.2. The first-order valence-electron chi connectivity index (χ1n) is 12.8. The molecule has 5 heterocycles. The molecule has 1 fully saturated rings. The quantitative estimate of drug-likeness (QED) is 0.451. The standard InChI is InChI=1S/C27H32N6O6S/c1-16-14-37-9-8-33(16)18-10-24(32-25(11-18)40(5,35)36)30-21-12-23(29-17(2)34)28-13-19(21)20-6-7-22-26(31-20)39-27(3,4)15-38-22/h6-7,10-13,16H,8-9,14-15H2,1-5H3,(H2,28,29,30,32,34)/t16-/m0/s1. The first kappa shape index (κ1) is 27.6. The van der Waals surface area contributed by atoms with Gasteiger partial charge in [0.25, 0.3) is 5.88 Å². The number of amides is 1. The maximum Gasteiger partial charge on any atom is 0.258 e. The number of sulfone groups is 1. The fraction of sp³-hybridized carbons (Fsp3) is 0.407. The molecule has 2 aliphatic heterocycles. The molecule has 12 nitrogen and oxygen atoms in total. The fourth-order valence-electron chi connectivity index (χ4n) is 4.48. The Morgan fingerprint density at radius 3 is 2.67 bits per heavy atom. The molecule has 1 saturated heterocycles. The summed E-state index contributed by atoms with van der Waals surface area (Å²) in [5.41, 5.74) is 1.77. The van der Waals surface area contributed by atoms with E-state index in [1.165, 1.54) is 6.92 Å². The predicted molar refractivity (Wildman–Crippen MR) is 150 cm³/mol. The van der Waals surface area contributed by atoms with Gasteiger partial charge in [-0.3, -0.25) is 4.79 Å². The summed E-state index contributed by atoms with van der Waals surface area (Å²) >= 11 is 0. The van der Waals surface area contributed by atoms with Gasteiger partial charge in [-0.25, -0.2) is 23.4 Å². The number of ether oxygens (including phenoxy) is 3. The summed E-state index contributed by atoms with van der Waals surface area (Å²) in [6.07, 6.45) is 2.70. The molecule has 0 spiro atoms. The Morgan fingerprint density at radius 1 is 1.15 bits per heavy atom. The average Bonchev–Trinajstić information content (AvgIpc) is 2.87. The van der Waals surface area contributed by atoms with E-state index in [4.69, 9.17) is 14.2 Å². The van der Waals surface area contributed by atoms with Crippen molar-refractivity contribution in [3.05, 3.63) is 36.5 Å². The highest BCUT2D eigenvalue weighted by Crippen LogP contribution is 2.38. The lowest BCUT2D eigenvalue weighted by atomic mass is 10.1. The van der Waals surface area contributed by atoms with E-state index in [0.29, 0.717) is 72.3 Å². The zero-order valence-corrected chi connectivity index (χ0v) is 23.8. The Bertz CT molecular complexity index is 1560. The van der Waals surface area contributed by atoms with Crippen molar-refractivity contribution in [2.24, 2.45) is 0 Å². The Kier molecular flexibility index (Phi) is 7.27. The topological polar surface area (TPSA) is 145 Å². The zero-order chi connectivity index (χ0) is 28.7. The van der Waals surface area contributed by atoms with E-state index in [-0.39, 0.29) is 17.0 Å². The Morgan fingerprint density at radius 2 is 1.95 bits per heavy atom. The number of fused-ring (bicyclic) bond motifs is 1. The third-order valence-corrected chi connectivity index (χ3v) is 7.36. The number of hydrogen-bond donors (Lipinski definition) is 2. The van der Waals surface area contributed by atoms with Crippen LogP contribution in [0.2, 0.25) is 0 Å². The van der Waals surface area contributed by atoms with Gasteiger partial charge in [0.1, 0.15) is 23.8 Å². The summed E-state index contributed by atoms with van der Waals surface area (Å²) in [4.78, 5) is 27.3. The van der Waals surface area contributed by atoms with Crippen LogP contribution in [0, 0.1) is 0 Å². The van der Waals surface area contributed by atoms with Gasteiger partial charge in [-0.05, 0) is 39.0 Å². The average molecular weight is 569 g/mol. The highest BCUT2D eigenvalue weighted by Gasteiger charge is 2.30. The van der Waals surface area contributed by atoms with Crippen molar-refractivity contribution in [3.8, 4) is 22.9 Å². The number of nitrogens with one attached hydrogen (secondary N) is 2. The first-order valence-corrected chi connectivity index (χ1v) is 14.7. The van der Waals surface area contributed by atoms with Crippen LogP contribution < -0.4 is 25.0 Å². The van der Waals surface area contributed by atoms with E-state index in [0.717, 1.165) is 6.26 Å². The van der Waals surface area contributed by atoms with Gasteiger partial charge < -0.3 is 29.7 Å². The number of morpholine rings is 1. The largest absolute Gasteiger partial charge is 0.484 e. The summed E-state index contributed by atoms with van der Waals surface area (Å²) in [5.74, 6) is 1.21. The molecular formula is C27H32N6O6S. The van der Waals surface area contributed by atoms with Gasteiger partial charge in [-0.15, -0.1) is 0 Å². The van der Waals surface area contributed by atoms with Crippen molar-refractivity contribution in [2.45, 2.75) is 44.4 Å². The molecule has 0 aliphatic carbocycles. The van der Waals surface area contributed by atoms with Crippen LogP contribution in [0.25, 0.3) is 11.3 Å². The van der Waals surface area contributed by atoms with Crippen molar-refractivity contribution in [1.82, 2.24) is 15.0 Å². The SMILES string of the molecule is CC(=O)Nc1cc(Nc2cc(N3CCOC[C@@H]3C)cc(S(C)(=O)=O)n2)c(-c2ccc3c(n2)OC(C)(C)CO3)cn1. The van der Waals surface area contributed by atoms with Crippen LogP contribution in [0.15, 0.2) is 41.6 Å². The molecule has 40 heavy (non-hydrogen) atoms. The lowest BCUT2D eigenvalue weighted by Gasteiger charge is -2.35. The Labute approximate surface area is 233 Å². The van der Waals surface area contributed by atoms with Gasteiger partial charge in [-0.1, -0.05) is 0 Å². The van der Waals surface area contributed by atoms with Crippen molar-refractivity contribution in [1.29, 1.82) is 0 Å². The minimum Gasteiger partial charge on any atom is -0.484 e. The number of aromatic nitrogens is 3. The minimum absolute atomic E-state index is 0.0467. The molecule has 1 atom stereocenters. The summed E-state index contributed by atoms with van der Waals surface area (Å²) in [6.45, 7) is 9.29. The van der Waals surface area contributed by atoms with Gasteiger partial charge in [0.05, 0.1) is 24.6 Å². The fourth-order valence-corrected chi connectivity index (χ4v) is 5.07. The van der Waals surface area contributed by atoms with Crippen LogP contribution in [0.3, 0.4) is 0 Å². The number of carbonyl (C=O) groups excluding carboxylic acids is 1. The number of hydrogen-bond acceptors (Lipinski definition) is 11. The van der Waals surface area contributed by atoms with Crippen molar-refractivity contribution in [3.63, 3.8) is 0 Å². The molecule has 0 unspecified atom stereocenters. The monoisotopic (exact) mass is 568 g/mol. The molecule has 3 aromatic heterocycles. The summed E-state index contributed by atoms with van der Waals surface area (Å²) in [6, 6.07) is 8.61. The molecule has 5 rings (SSSR count).